The smallest absolute Gasteiger partial charge is 0.122 e. The van der Waals surface area contributed by atoms with Crippen molar-refractivity contribution in [1.29, 1.82) is 0 Å². The number of ether oxygens (including phenoxy) is 1. The van der Waals surface area contributed by atoms with E-state index >= 15 is 0 Å². The van der Waals surface area contributed by atoms with Crippen LogP contribution in [0.4, 0.5) is 0 Å². The van der Waals surface area contributed by atoms with Gasteiger partial charge in [-0.15, -0.1) is 0 Å². The molecule has 0 aliphatic carbocycles. The predicted molar refractivity (Wildman–Crippen MR) is 106 cm³/mol. The molecule has 136 valence electrons. The van der Waals surface area contributed by atoms with Crippen LogP contribution >= 0.6 is 0 Å². The monoisotopic (exact) mass is 357 g/mol. The molecule has 4 heteroatoms. The number of nitrogens with zero attached hydrogens (tertiary/aromatic N) is 3. The third kappa shape index (κ3) is 3.45. The number of aromatic nitrogens is 2. The summed E-state index contributed by atoms with van der Waals surface area (Å²) in [5.74, 6) is 1.64. The molecule has 0 radical (unpaired) electrons. The van der Waals surface area contributed by atoms with Gasteiger partial charge < -0.3 is 4.74 Å². The van der Waals surface area contributed by atoms with Crippen molar-refractivity contribution in [3.8, 4) is 17.0 Å². The van der Waals surface area contributed by atoms with Crippen molar-refractivity contribution in [3.05, 3.63) is 77.7 Å². The normalized spacial score (nSPS) is 19.0. The lowest BCUT2D eigenvalue weighted by Crippen LogP contribution is -2.19. The molecule has 1 unspecified atom stereocenters. The van der Waals surface area contributed by atoms with Crippen molar-refractivity contribution in [2.75, 3.05) is 19.7 Å². The summed E-state index contributed by atoms with van der Waals surface area (Å²) in [7, 11) is 0. The van der Waals surface area contributed by atoms with Crippen molar-refractivity contribution >= 4 is 0 Å². The van der Waals surface area contributed by atoms with E-state index in [1.54, 1.807) is 0 Å². The molecule has 1 aromatic carbocycles. The SMILES string of the molecule is c1cc(-c2cc(C3CCN(Cc4ccc5c(c4)CCO5)C3)ccn2)ccn1. The van der Waals surface area contributed by atoms with Crippen molar-refractivity contribution in [1.82, 2.24) is 14.9 Å². The first-order valence-corrected chi connectivity index (χ1v) is 9.68. The van der Waals surface area contributed by atoms with E-state index < -0.39 is 0 Å². The molecule has 0 N–H and O–H groups in total. The van der Waals surface area contributed by atoms with Crippen LogP contribution in [0.2, 0.25) is 0 Å². The van der Waals surface area contributed by atoms with Gasteiger partial charge in [-0.3, -0.25) is 14.9 Å². The summed E-state index contributed by atoms with van der Waals surface area (Å²) in [4.78, 5) is 11.2. The zero-order chi connectivity index (χ0) is 18.1. The van der Waals surface area contributed by atoms with E-state index in [1.807, 2.05) is 30.7 Å². The zero-order valence-electron chi connectivity index (χ0n) is 15.3. The van der Waals surface area contributed by atoms with Gasteiger partial charge in [0.25, 0.3) is 0 Å². The largest absolute Gasteiger partial charge is 0.493 e. The lowest BCUT2D eigenvalue weighted by Gasteiger charge is -2.17. The Balaban J connectivity index is 1.28. The minimum absolute atomic E-state index is 0.575. The summed E-state index contributed by atoms with van der Waals surface area (Å²) in [6.45, 7) is 4.09. The fraction of sp³-hybridized carbons (Fsp3) is 0.304. The van der Waals surface area contributed by atoms with Gasteiger partial charge in [-0.1, -0.05) is 12.1 Å². The molecule has 2 aliphatic heterocycles. The Labute approximate surface area is 159 Å². The van der Waals surface area contributed by atoms with Crippen LogP contribution in [-0.2, 0) is 13.0 Å². The summed E-state index contributed by atoms with van der Waals surface area (Å²) in [6, 6.07) is 15.1. The number of pyridine rings is 2. The van der Waals surface area contributed by atoms with E-state index in [2.05, 4.69) is 45.2 Å². The predicted octanol–water partition coefficient (Wildman–Crippen LogP) is 4.07. The van der Waals surface area contributed by atoms with Crippen LogP contribution in [0, 0.1) is 0 Å². The summed E-state index contributed by atoms with van der Waals surface area (Å²) >= 11 is 0. The molecule has 2 aliphatic rings. The van der Waals surface area contributed by atoms with E-state index in [4.69, 9.17) is 4.74 Å². The molecule has 0 saturated carbocycles. The lowest BCUT2D eigenvalue weighted by molar-refractivity contribution is 0.326. The molecular formula is C23H23N3O. The summed E-state index contributed by atoms with van der Waals surface area (Å²) in [5, 5.41) is 0. The van der Waals surface area contributed by atoms with Gasteiger partial charge in [0.2, 0.25) is 0 Å². The van der Waals surface area contributed by atoms with Gasteiger partial charge in [0, 0.05) is 43.7 Å². The molecule has 0 amide bonds. The highest BCUT2D eigenvalue weighted by atomic mass is 16.5. The highest BCUT2D eigenvalue weighted by Gasteiger charge is 2.24. The van der Waals surface area contributed by atoms with Crippen LogP contribution in [0.5, 0.6) is 5.75 Å². The van der Waals surface area contributed by atoms with Crippen molar-refractivity contribution in [2.45, 2.75) is 25.3 Å². The van der Waals surface area contributed by atoms with Crippen LogP contribution < -0.4 is 4.74 Å². The van der Waals surface area contributed by atoms with Gasteiger partial charge in [0.05, 0.1) is 12.3 Å². The number of hydrogen-bond donors (Lipinski definition) is 0. The molecule has 1 saturated heterocycles. The maximum absolute atomic E-state index is 5.62. The number of fused-ring (bicyclic) bond motifs is 1. The Morgan fingerprint density at radius 1 is 1.04 bits per heavy atom. The number of rotatable bonds is 4. The number of likely N-dealkylation sites (tertiary alicyclic amines) is 1. The van der Waals surface area contributed by atoms with E-state index in [-0.39, 0.29) is 0 Å². The first-order chi connectivity index (χ1) is 13.3. The molecule has 5 rings (SSSR count). The fourth-order valence-corrected chi connectivity index (χ4v) is 4.23. The Hall–Kier alpha value is -2.72. The molecule has 0 bridgehead atoms. The third-order valence-electron chi connectivity index (χ3n) is 5.66. The summed E-state index contributed by atoms with van der Waals surface area (Å²) in [6.07, 6.45) is 7.83. The number of benzene rings is 1. The van der Waals surface area contributed by atoms with Crippen LogP contribution in [-0.4, -0.2) is 34.6 Å². The van der Waals surface area contributed by atoms with Crippen molar-refractivity contribution < 1.29 is 4.74 Å². The lowest BCUT2D eigenvalue weighted by atomic mass is 9.97. The van der Waals surface area contributed by atoms with E-state index in [1.165, 1.54) is 23.1 Å². The van der Waals surface area contributed by atoms with Crippen molar-refractivity contribution in [2.24, 2.45) is 0 Å². The molecule has 27 heavy (non-hydrogen) atoms. The average molecular weight is 357 g/mol. The van der Waals surface area contributed by atoms with Gasteiger partial charge in [-0.2, -0.15) is 0 Å². The molecule has 1 fully saturated rings. The average Bonchev–Trinajstić information content (AvgIpc) is 3.38. The second-order valence-electron chi connectivity index (χ2n) is 7.47. The summed E-state index contributed by atoms with van der Waals surface area (Å²) in [5.41, 5.74) is 6.31. The van der Waals surface area contributed by atoms with Crippen LogP contribution in [0.3, 0.4) is 0 Å². The van der Waals surface area contributed by atoms with Gasteiger partial charge in [0.15, 0.2) is 0 Å². The topological polar surface area (TPSA) is 38.2 Å². The molecular weight excluding hydrogens is 334 g/mol. The van der Waals surface area contributed by atoms with E-state index in [9.17, 15) is 0 Å². The zero-order valence-corrected chi connectivity index (χ0v) is 15.3. The quantitative estimate of drug-likeness (QED) is 0.706. The molecule has 2 aromatic heterocycles. The molecule has 4 heterocycles. The van der Waals surface area contributed by atoms with Crippen molar-refractivity contribution in [3.63, 3.8) is 0 Å². The van der Waals surface area contributed by atoms with Gasteiger partial charge in [-0.05, 0) is 65.9 Å². The van der Waals surface area contributed by atoms with Crippen LogP contribution in [0.15, 0.2) is 61.1 Å². The highest BCUT2D eigenvalue weighted by molar-refractivity contribution is 5.59. The van der Waals surface area contributed by atoms with E-state index in [0.29, 0.717) is 5.92 Å². The highest BCUT2D eigenvalue weighted by Crippen LogP contribution is 2.31. The Morgan fingerprint density at radius 3 is 2.89 bits per heavy atom. The standard InChI is InChI=1S/C23H23N3O/c1-2-23-20(7-12-27-23)13-17(1)15-26-11-6-21(16-26)19-5-10-25-22(14-19)18-3-8-24-9-4-18/h1-5,8-10,13-14,21H,6-7,11-12,15-16H2. The Kier molecular flexibility index (Phi) is 4.34. The fourth-order valence-electron chi connectivity index (χ4n) is 4.23. The molecule has 0 spiro atoms. The minimum atomic E-state index is 0.575. The molecule has 1 atom stereocenters. The minimum Gasteiger partial charge on any atom is -0.493 e. The summed E-state index contributed by atoms with van der Waals surface area (Å²) < 4.78 is 5.62. The van der Waals surface area contributed by atoms with Crippen LogP contribution in [0.25, 0.3) is 11.3 Å². The maximum atomic E-state index is 5.62. The number of hydrogen-bond acceptors (Lipinski definition) is 4. The first-order valence-electron chi connectivity index (χ1n) is 9.68. The second kappa shape index (κ2) is 7.12. The molecule has 4 nitrogen and oxygen atoms in total. The second-order valence-corrected chi connectivity index (χ2v) is 7.47. The Bertz CT molecular complexity index is 941. The van der Waals surface area contributed by atoms with E-state index in [0.717, 1.165) is 49.7 Å². The Morgan fingerprint density at radius 2 is 1.96 bits per heavy atom. The van der Waals surface area contributed by atoms with Gasteiger partial charge in [-0.25, -0.2) is 0 Å². The van der Waals surface area contributed by atoms with Gasteiger partial charge >= 0.3 is 0 Å². The van der Waals surface area contributed by atoms with Gasteiger partial charge in [0.1, 0.15) is 5.75 Å². The van der Waals surface area contributed by atoms with Crippen LogP contribution in [0.1, 0.15) is 29.0 Å². The third-order valence-corrected chi connectivity index (χ3v) is 5.66. The molecule has 3 aromatic rings. The maximum Gasteiger partial charge on any atom is 0.122 e. The first kappa shape index (κ1) is 16.5.